The predicted octanol–water partition coefficient (Wildman–Crippen LogP) is 2.25. The Labute approximate surface area is 144 Å². The van der Waals surface area contributed by atoms with E-state index in [1.807, 2.05) is 4.90 Å². The molecule has 1 saturated heterocycles. The molecule has 24 heavy (non-hydrogen) atoms. The number of para-hydroxylation sites is 2. The Balaban J connectivity index is 2.28. The zero-order chi connectivity index (χ0) is 17.7. The van der Waals surface area contributed by atoms with Crippen LogP contribution in [0.5, 0.6) is 5.75 Å². The van der Waals surface area contributed by atoms with Gasteiger partial charge in [-0.15, -0.1) is 0 Å². The van der Waals surface area contributed by atoms with E-state index >= 15 is 0 Å². The lowest BCUT2D eigenvalue weighted by molar-refractivity contribution is -0.133. The summed E-state index contributed by atoms with van der Waals surface area (Å²) < 4.78 is 30.9. The van der Waals surface area contributed by atoms with Crippen molar-refractivity contribution in [2.24, 2.45) is 0 Å². The van der Waals surface area contributed by atoms with Crippen molar-refractivity contribution >= 4 is 21.6 Å². The Bertz CT molecular complexity index is 675. The lowest BCUT2D eigenvalue weighted by Gasteiger charge is -2.36. The third-order valence-corrected chi connectivity index (χ3v) is 5.58. The fraction of sp³-hybridized carbons (Fsp3) is 0.588. The molecular formula is C17H26N2O4S. The van der Waals surface area contributed by atoms with E-state index in [1.165, 1.54) is 7.11 Å². The topological polar surface area (TPSA) is 66.9 Å². The highest BCUT2D eigenvalue weighted by Gasteiger charge is 2.30. The van der Waals surface area contributed by atoms with Crippen LogP contribution in [0.1, 0.15) is 32.6 Å². The minimum atomic E-state index is -3.60. The SMILES string of the molecule is CCC1CCCCN1C(=O)CN(c1ccccc1OC)S(C)(=O)=O. The summed E-state index contributed by atoms with van der Waals surface area (Å²) in [5, 5.41) is 0. The van der Waals surface area contributed by atoms with Gasteiger partial charge in [0.05, 0.1) is 19.1 Å². The van der Waals surface area contributed by atoms with E-state index in [-0.39, 0.29) is 18.5 Å². The van der Waals surface area contributed by atoms with E-state index in [1.54, 1.807) is 24.3 Å². The standard InChI is InChI=1S/C17H26N2O4S/c1-4-14-9-7-8-12-18(14)17(20)13-19(24(3,21)22)15-10-5-6-11-16(15)23-2/h5-6,10-11,14H,4,7-9,12-13H2,1-3H3. The molecule has 7 heteroatoms. The van der Waals surface area contributed by atoms with Crippen LogP contribution < -0.4 is 9.04 Å². The Morgan fingerprint density at radius 3 is 2.67 bits per heavy atom. The average molecular weight is 354 g/mol. The fourth-order valence-corrected chi connectivity index (χ4v) is 4.04. The summed E-state index contributed by atoms with van der Waals surface area (Å²) in [4.78, 5) is 14.6. The molecule has 6 nitrogen and oxygen atoms in total. The highest BCUT2D eigenvalue weighted by molar-refractivity contribution is 7.92. The first-order chi connectivity index (χ1) is 11.4. The lowest BCUT2D eigenvalue weighted by Crippen LogP contribution is -2.49. The number of likely N-dealkylation sites (tertiary alicyclic amines) is 1. The van der Waals surface area contributed by atoms with Gasteiger partial charge in [-0.3, -0.25) is 9.10 Å². The molecule has 0 aromatic heterocycles. The van der Waals surface area contributed by atoms with Gasteiger partial charge < -0.3 is 9.64 Å². The number of piperidine rings is 1. The van der Waals surface area contributed by atoms with E-state index in [0.29, 0.717) is 18.0 Å². The molecule has 1 amide bonds. The number of carbonyl (C=O) groups is 1. The Hall–Kier alpha value is -1.76. The third-order valence-electron chi connectivity index (χ3n) is 4.45. The number of benzene rings is 1. The highest BCUT2D eigenvalue weighted by atomic mass is 32.2. The number of amides is 1. The first-order valence-electron chi connectivity index (χ1n) is 8.28. The molecule has 1 aliphatic rings. The lowest BCUT2D eigenvalue weighted by atomic mass is 10.00. The van der Waals surface area contributed by atoms with Crippen LogP contribution in [-0.2, 0) is 14.8 Å². The van der Waals surface area contributed by atoms with Crippen molar-refractivity contribution in [3.63, 3.8) is 0 Å². The fourth-order valence-electron chi connectivity index (χ4n) is 3.18. The van der Waals surface area contributed by atoms with Gasteiger partial charge in [0, 0.05) is 12.6 Å². The Morgan fingerprint density at radius 1 is 1.33 bits per heavy atom. The Morgan fingerprint density at radius 2 is 2.04 bits per heavy atom. The van der Waals surface area contributed by atoms with Gasteiger partial charge in [0.25, 0.3) is 0 Å². The minimum absolute atomic E-state index is 0.155. The van der Waals surface area contributed by atoms with Crippen LogP contribution in [0.15, 0.2) is 24.3 Å². The smallest absolute Gasteiger partial charge is 0.243 e. The summed E-state index contributed by atoms with van der Waals surface area (Å²) in [6.45, 7) is 2.56. The van der Waals surface area contributed by atoms with Crippen LogP contribution in [-0.4, -0.2) is 51.7 Å². The summed E-state index contributed by atoms with van der Waals surface area (Å²) in [6, 6.07) is 7.04. The van der Waals surface area contributed by atoms with Crippen LogP contribution in [0.2, 0.25) is 0 Å². The van der Waals surface area contributed by atoms with E-state index in [2.05, 4.69) is 6.92 Å². The highest BCUT2D eigenvalue weighted by Crippen LogP contribution is 2.30. The second-order valence-corrected chi connectivity index (χ2v) is 7.99. The van der Waals surface area contributed by atoms with Crippen LogP contribution in [0.3, 0.4) is 0 Å². The second kappa shape index (κ2) is 7.88. The van der Waals surface area contributed by atoms with Gasteiger partial charge in [-0.2, -0.15) is 0 Å². The second-order valence-electron chi connectivity index (χ2n) is 6.09. The van der Waals surface area contributed by atoms with E-state index in [9.17, 15) is 13.2 Å². The number of sulfonamides is 1. The van der Waals surface area contributed by atoms with Gasteiger partial charge in [-0.1, -0.05) is 19.1 Å². The van der Waals surface area contributed by atoms with Crippen molar-refractivity contribution in [2.45, 2.75) is 38.6 Å². The number of nitrogens with zero attached hydrogens (tertiary/aromatic N) is 2. The molecule has 0 bridgehead atoms. The van der Waals surface area contributed by atoms with Gasteiger partial charge in [-0.05, 0) is 37.8 Å². The van der Waals surface area contributed by atoms with E-state index in [0.717, 1.165) is 36.2 Å². The van der Waals surface area contributed by atoms with Gasteiger partial charge in [0.15, 0.2) is 0 Å². The molecule has 1 atom stereocenters. The van der Waals surface area contributed by atoms with Crippen LogP contribution in [0.4, 0.5) is 5.69 Å². The zero-order valence-corrected chi connectivity index (χ0v) is 15.4. The maximum absolute atomic E-state index is 12.8. The van der Waals surface area contributed by atoms with Gasteiger partial charge >= 0.3 is 0 Å². The summed E-state index contributed by atoms with van der Waals surface area (Å²) in [7, 11) is -2.12. The normalized spacial score (nSPS) is 18.3. The van der Waals surface area contributed by atoms with Crippen LogP contribution >= 0.6 is 0 Å². The largest absolute Gasteiger partial charge is 0.495 e. The van der Waals surface area contributed by atoms with Crippen LogP contribution in [0.25, 0.3) is 0 Å². The van der Waals surface area contributed by atoms with Gasteiger partial charge in [0.2, 0.25) is 15.9 Å². The van der Waals surface area contributed by atoms with Crippen molar-refractivity contribution in [1.29, 1.82) is 0 Å². The summed E-state index contributed by atoms with van der Waals surface area (Å²) in [5.41, 5.74) is 0.390. The molecular weight excluding hydrogens is 328 g/mol. The molecule has 0 spiro atoms. The van der Waals surface area contributed by atoms with Crippen molar-refractivity contribution in [3.8, 4) is 5.75 Å². The third kappa shape index (κ3) is 4.20. The first kappa shape index (κ1) is 18.6. The molecule has 0 saturated carbocycles. The summed E-state index contributed by atoms with van der Waals surface area (Å²) in [6.07, 6.45) is 5.07. The number of hydrogen-bond donors (Lipinski definition) is 0. The summed E-state index contributed by atoms with van der Waals surface area (Å²) in [5.74, 6) is 0.277. The number of anilines is 1. The number of methoxy groups -OCH3 is 1. The molecule has 1 unspecified atom stereocenters. The van der Waals surface area contributed by atoms with Gasteiger partial charge in [-0.25, -0.2) is 8.42 Å². The van der Waals surface area contributed by atoms with Crippen molar-refractivity contribution in [3.05, 3.63) is 24.3 Å². The molecule has 134 valence electrons. The molecule has 0 N–H and O–H groups in total. The maximum Gasteiger partial charge on any atom is 0.243 e. The monoisotopic (exact) mass is 354 g/mol. The molecule has 2 rings (SSSR count). The van der Waals surface area contributed by atoms with Crippen LogP contribution in [0, 0.1) is 0 Å². The quantitative estimate of drug-likeness (QED) is 0.786. The number of rotatable bonds is 6. The number of hydrogen-bond acceptors (Lipinski definition) is 4. The summed E-state index contributed by atoms with van der Waals surface area (Å²) >= 11 is 0. The molecule has 1 aromatic carbocycles. The molecule has 1 heterocycles. The van der Waals surface area contributed by atoms with E-state index < -0.39 is 10.0 Å². The maximum atomic E-state index is 12.8. The van der Waals surface area contributed by atoms with Gasteiger partial charge in [0.1, 0.15) is 12.3 Å². The van der Waals surface area contributed by atoms with E-state index in [4.69, 9.17) is 4.74 Å². The van der Waals surface area contributed by atoms with Crippen molar-refractivity contribution in [2.75, 3.05) is 30.8 Å². The first-order valence-corrected chi connectivity index (χ1v) is 10.1. The van der Waals surface area contributed by atoms with Crippen molar-refractivity contribution in [1.82, 2.24) is 4.90 Å². The Kier molecular flexibility index (Phi) is 6.10. The molecule has 1 aromatic rings. The minimum Gasteiger partial charge on any atom is -0.495 e. The van der Waals surface area contributed by atoms with Crippen molar-refractivity contribution < 1.29 is 17.9 Å². The zero-order valence-electron chi connectivity index (χ0n) is 14.6. The molecule has 0 aliphatic carbocycles. The predicted molar refractivity (Wildman–Crippen MR) is 94.8 cm³/mol. The number of carbonyl (C=O) groups excluding carboxylic acids is 1. The molecule has 1 aliphatic heterocycles. The average Bonchev–Trinajstić information content (AvgIpc) is 2.58. The molecule has 0 radical (unpaired) electrons. The number of ether oxygens (including phenoxy) is 1. The molecule has 1 fully saturated rings.